The Morgan fingerprint density at radius 1 is 1.07 bits per heavy atom. The van der Waals surface area contributed by atoms with Crippen molar-refractivity contribution in [3.8, 4) is 0 Å². The van der Waals surface area contributed by atoms with E-state index in [1.165, 1.54) is 38.5 Å². The van der Waals surface area contributed by atoms with E-state index in [0.29, 0.717) is 6.10 Å². The first-order valence-electron chi connectivity index (χ1n) is 6.10. The Balaban J connectivity index is 1.84. The van der Waals surface area contributed by atoms with Gasteiger partial charge in [0.25, 0.3) is 0 Å². The summed E-state index contributed by atoms with van der Waals surface area (Å²) >= 11 is 0. The van der Waals surface area contributed by atoms with Gasteiger partial charge in [0.15, 0.2) is 6.29 Å². The van der Waals surface area contributed by atoms with E-state index in [0.717, 1.165) is 13.0 Å². The maximum absolute atomic E-state index is 5.57. The lowest BCUT2D eigenvalue weighted by atomic mass is 10.1. The summed E-state index contributed by atoms with van der Waals surface area (Å²) in [6, 6.07) is 0. The Bertz CT molecular complexity index is 136. The van der Waals surface area contributed by atoms with E-state index < -0.39 is 0 Å². The fourth-order valence-corrected chi connectivity index (χ4v) is 1.82. The molecular weight excluding hydrogens is 176 g/mol. The highest BCUT2D eigenvalue weighted by molar-refractivity contribution is 4.60. The standard InChI is InChI=1S/C12H24O2/c1-3-4-5-6-7-8-9-12-13-10-11(2)14-12/h11-12H,3-10H2,1-2H3. The van der Waals surface area contributed by atoms with Crippen LogP contribution in [0.25, 0.3) is 0 Å². The van der Waals surface area contributed by atoms with Crippen molar-refractivity contribution < 1.29 is 9.47 Å². The van der Waals surface area contributed by atoms with Crippen LogP contribution in [0.5, 0.6) is 0 Å². The predicted molar refractivity (Wildman–Crippen MR) is 58.3 cm³/mol. The lowest BCUT2D eigenvalue weighted by Gasteiger charge is -2.08. The molecule has 1 saturated heterocycles. The maximum Gasteiger partial charge on any atom is 0.158 e. The second-order valence-corrected chi connectivity index (χ2v) is 4.27. The number of rotatable bonds is 7. The van der Waals surface area contributed by atoms with E-state index in [-0.39, 0.29) is 6.29 Å². The molecule has 1 fully saturated rings. The quantitative estimate of drug-likeness (QED) is 0.586. The van der Waals surface area contributed by atoms with Crippen LogP contribution in [0.4, 0.5) is 0 Å². The zero-order chi connectivity index (χ0) is 10.2. The average molecular weight is 200 g/mol. The number of unbranched alkanes of at least 4 members (excludes halogenated alkanes) is 5. The van der Waals surface area contributed by atoms with Gasteiger partial charge < -0.3 is 9.47 Å². The normalized spacial score (nSPS) is 27.0. The van der Waals surface area contributed by atoms with E-state index in [2.05, 4.69) is 13.8 Å². The second kappa shape index (κ2) is 7.24. The van der Waals surface area contributed by atoms with Crippen molar-refractivity contribution in [3.63, 3.8) is 0 Å². The van der Waals surface area contributed by atoms with Gasteiger partial charge in [0.2, 0.25) is 0 Å². The van der Waals surface area contributed by atoms with Crippen molar-refractivity contribution in [2.75, 3.05) is 6.61 Å². The van der Waals surface area contributed by atoms with Gasteiger partial charge in [0.1, 0.15) is 0 Å². The highest BCUT2D eigenvalue weighted by Crippen LogP contribution is 2.17. The molecule has 0 bridgehead atoms. The van der Waals surface area contributed by atoms with Crippen LogP contribution in [-0.4, -0.2) is 19.0 Å². The zero-order valence-corrected chi connectivity index (χ0v) is 9.63. The third-order valence-electron chi connectivity index (χ3n) is 2.69. The molecule has 0 spiro atoms. The summed E-state index contributed by atoms with van der Waals surface area (Å²) in [7, 11) is 0. The van der Waals surface area contributed by atoms with Crippen molar-refractivity contribution in [3.05, 3.63) is 0 Å². The molecule has 1 aliphatic heterocycles. The Labute approximate surface area is 88.0 Å². The first kappa shape index (κ1) is 12.0. The molecule has 0 radical (unpaired) electrons. The van der Waals surface area contributed by atoms with Crippen molar-refractivity contribution in [2.24, 2.45) is 0 Å². The van der Waals surface area contributed by atoms with Crippen LogP contribution in [0.15, 0.2) is 0 Å². The van der Waals surface area contributed by atoms with Gasteiger partial charge in [-0.05, 0) is 19.8 Å². The molecule has 2 nitrogen and oxygen atoms in total. The maximum atomic E-state index is 5.57. The van der Waals surface area contributed by atoms with Gasteiger partial charge in [-0.3, -0.25) is 0 Å². The van der Waals surface area contributed by atoms with Gasteiger partial charge in [-0.25, -0.2) is 0 Å². The SMILES string of the molecule is CCCCCCCCC1OCC(C)O1. The molecule has 0 aromatic carbocycles. The molecule has 84 valence electrons. The summed E-state index contributed by atoms with van der Waals surface area (Å²) in [6.45, 7) is 5.10. The lowest BCUT2D eigenvalue weighted by Crippen LogP contribution is -2.08. The number of hydrogen-bond acceptors (Lipinski definition) is 2. The molecule has 0 N–H and O–H groups in total. The van der Waals surface area contributed by atoms with Gasteiger partial charge in [-0.2, -0.15) is 0 Å². The minimum atomic E-state index is 0.0937. The number of ether oxygens (including phenoxy) is 2. The summed E-state index contributed by atoms with van der Waals surface area (Å²) in [6.07, 6.45) is 9.53. The van der Waals surface area contributed by atoms with Gasteiger partial charge in [-0.15, -0.1) is 0 Å². The van der Waals surface area contributed by atoms with Crippen molar-refractivity contribution in [1.82, 2.24) is 0 Å². The van der Waals surface area contributed by atoms with Crippen molar-refractivity contribution in [1.29, 1.82) is 0 Å². The summed E-state index contributed by atoms with van der Waals surface area (Å²) in [5.41, 5.74) is 0. The third kappa shape index (κ3) is 4.97. The van der Waals surface area contributed by atoms with Gasteiger partial charge in [-0.1, -0.05) is 39.0 Å². The molecule has 0 saturated carbocycles. The Morgan fingerprint density at radius 3 is 2.43 bits per heavy atom. The molecule has 0 amide bonds. The fourth-order valence-electron chi connectivity index (χ4n) is 1.82. The molecule has 2 unspecified atom stereocenters. The first-order valence-corrected chi connectivity index (χ1v) is 6.10. The second-order valence-electron chi connectivity index (χ2n) is 4.27. The molecule has 2 atom stereocenters. The highest BCUT2D eigenvalue weighted by Gasteiger charge is 2.21. The molecule has 0 aliphatic carbocycles. The molecule has 1 aliphatic rings. The summed E-state index contributed by atoms with van der Waals surface area (Å²) in [5, 5.41) is 0. The number of hydrogen-bond donors (Lipinski definition) is 0. The predicted octanol–water partition coefficient (Wildman–Crippen LogP) is 3.50. The average Bonchev–Trinajstić information content (AvgIpc) is 2.58. The Kier molecular flexibility index (Phi) is 6.20. The highest BCUT2D eigenvalue weighted by atomic mass is 16.7. The molecule has 14 heavy (non-hydrogen) atoms. The van der Waals surface area contributed by atoms with E-state index in [9.17, 15) is 0 Å². The van der Waals surface area contributed by atoms with Crippen LogP contribution < -0.4 is 0 Å². The van der Waals surface area contributed by atoms with E-state index >= 15 is 0 Å². The molecule has 1 heterocycles. The largest absolute Gasteiger partial charge is 0.350 e. The molecule has 2 heteroatoms. The van der Waals surface area contributed by atoms with Crippen LogP contribution in [0.2, 0.25) is 0 Å². The van der Waals surface area contributed by atoms with E-state index in [1.807, 2.05) is 0 Å². The van der Waals surface area contributed by atoms with Gasteiger partial charge in [0, 0.05) is 0 Å². The summed E-state index contributed by atoms with van der Waals surface area (Å²) in [5.74, 6) is 0. The fraction of sp³-hybridized carbons (Fsp3) is 1.00. The molecule has 0 aromatic rings. The van der Waals surface area contributed by atoms with Gasteiger partial charge >= 0.3 is 0 Å². The van der Waals surface area contributed by atoms with Gasteiger partial charge in [0.05, 0.1) is 12.7 Å². The van der Waals surface area contributed by atoms with E-state index in [1.54, 1.807) is 0 Å². The monoisotopic (exact) mass is 200 g/mol. The zero-order valence-electron chi connectivity index (χ0n) is 9.63. The summed E-state index contributed by atoms with van der Waals surface area (Å²) in [4.78, 5) is 0. The van der Waals surface area contributed by atoms with Crippen LogP contribution in [0, 0.1) is 0 Å². The van der Waals surface area contributed by atoms with Crippen LogP contribution in [-0.2, 0) is 9.47 Å². The topological polar surface area (TPSA) is 18.5 Å². The molecular formula is C12H24O2. The minimum absolute atomic E-state index is 0.0937. The smallest absolute Gasteiger partial charge is 0.158 e. The summed E-state index contributed by atoms with van der Waals surface area (Å²) < 4.78 is 11.0. The Morgan fingerprint density at radius 2 is 1.79 bits per heavy atom. The lowest BCUT2D eigenvalue weighted by molar-refractivity contribution is -0.0604. The van der Waals surface area contributed by atoms with Crippen LogP contribution >= 0.6 is 0 Å². The van der Waals surface area contributed by atoms with Crippen LogP contribution in [0.1, 0.15) is 58.8 Å². The van der Waals surface area contributed by atoms with Crippen molar-refractivity contribution in [2.45, 2.75) is 71.2 Å². The third-order valence-corrected chi connectivity index (χ3v) is 2.69. The minimum Gasteiger partial charge on any atom is -0.350 e. The Hall–Kier alpha value is -0.0800. The van der Waals surface area contributed by atoms with Crippen LogP contribution in [0.3, 0.4) is 0 Å². The van der Waals surface area contributed by atoms with Crippen molar-refractivity contribution >= 4 is 0 Å². The first-order chi connectivity index (χ1) is 6.83. The molecule has 1 rings (SSSR count). The van der Waals surface area contributed by atoms with E-state index in [4.69, 9.17) is 9.47 Å². The molecule has 0 aromatic heterocycles.